The maximum Gasteiger partial charge on any atom is 0.264 e. The summed E-state index contributed by atoms with van der Waals surface area (Å²) in [6.07, 6.45) is 2.11. The number of carbonyl (C=O) groups excluding carboxylic acids is 1. The van der Waals surface area contributed by atoms with E-state index >= 15 is 0 Å². The van der Waals surface area contributed by atoms with E-state index in [-0.39, 0.29) is 11.3 Å². The van der Waals surface area contributed by atoms with Gasteiger partial charge in [0.25, 0.3) is 5.91 Å². The lowest BCUT2D eigenvalue weighted by atomic mass is 9.95. The smallest absolute Gasteiger partial charge is 0.264 e. The van der Waals surface area contributed by atoms with Gasteiger partial charge in [-0.25, -0.2) is 9.97 Å². The summed E-state index contributed by atoms with van der Waals surface area (Å²) in [5, 5.41) is 1.04. The first-order valence-electron chi connectivity index (χ1n) is 8.20. The third-order valence-corrected chi connectivity index (χ3v) is 5.20. The summed E-state index contributed by atoms with van der Waals surface area (Å²) < 4.78 is 0. The van der Waals surface area contributed by atoms with Gasteiger partial charge in [-0.2, -0.15) is 0 Å². The predicted molar refractivity (Wildman–Crippen MR) is 97.5 cm³/mol. The highest BCUT2D eigenvalue weighted by Crippen LogP contribution is 2.33. The van der Waals surface area contributed by atoms with Crippen molar-refractivity contribution in [1.82, 2.24) is 14.9 Å². The summed E-state index contributed by atoms with van der Waals surface area (Å²) in [4.78, 5) is 25.7. The second-order valence-corrected chi connectivity index (χ2v) is 8.20. The first kappa shape index (κ1) is 17.9. The van der Waals surface area contributed by atoms with E-state index in [2.05, 4.69) is 32.7 Å². The number of fused-ring (bicyclic) bond motifs is 1. The van der Waals surface area contributed by atoms with Crippen molar-refractivity contribution < 1.29 is 4.79 Å². The van der Waals surface area contributed by atoms with Crippen molar-refractivity contribution in [3.8, 4) is 0 Å². The van der Waals surface area contributed by atoms with Gasteiger partial charge in [-0.15, -0.1) is 11.3 Å². The predicted octanol–water partition coefficient (Wildman–Crippen LogP) is 4.48. The molecule has 0 aliphatic heterocycles. The number of aromatic nitrogens is 2. The number of amides is 1. The molecule has 0 atom stereocenters. The van der Waals surface area contributed by atoms with Gasteiger partial charge in [0.15, 0.2) is 0 Å². The molecule has 2 aromatic rings. The molecule has 0 saturated heterocycles. The zero-order valence-corrected chi connectivity index (χ0v) is 16.1. The number of carbonyl (C=O) groups is 1. The van der Waals surface area contributed by atoms with E-state index in [1.54, 1.807) is 0 Å². The van der Waals surface area contributed by atoms with Gasteiger partial charge in [-0.05, 0) is 25.8 Å². The van der Waals surface area contributed by atoms with Crippen molar-refractivity contribution in [2.24, 2.45) is 0 Å². The molecule has 1 amide bonds. The van der Waals surface area contributed by atoms with E-state index < -0.39 is 0 Å². The van der Waals surface area contributed by atoms with Crippen LogP contribution in [0.25, 0.3) is 10.2 Å². The Morgan fingerprint density at radius 3 is 2.43 bits per heavy atom. The van der Waals surface area contributed by atoms with Crippen molar-refractivity contribution >= 4 is 27.5 Å². The molecule has 0 saturated carbocycles. The van der Waals surface area contributed by atoms with Crippen LogP contribution in [0.4, 0.5) is 0 Å². The van der Waals surface area contributed by atoms with Crippen LogP contribution in [0, 0.1) is 13.8 Å². The highest BCUT2D eigenvalue weighted by Gasteiger charge is 2.24. The Labute approximate surface area is 142 Å². The number of rotatable bonds is 4. The van der Waals surface area contributed by atoms with Gasteiger partial charge < -0.3 is 4.90 Å². The summed E-state index contributed by atoms with van der Waals surface area (Å²) in [6, 6.07) is 0. The fraction of sp³-hybridized carbons (Fsp3) is 0.611. The first-order chi connectivity index (χ1) is 10.7. The van der Waals surface area contributed by atoms with E-state index in [1.165, 1.54) is 11.3 Å². The van der Waals surface area contributed by atoms with Gasteiger partial charge in [0.2, 0.25) is 0 Å². The normalized spacial score (nSPS) is 12.0. The van der Waals surface area contributed by atoms with Gasteiger partial charge in [-0.1, -0.05) is 34.1 Å². The van der Waals surface area contributed by atoms with E-state index in [4.69, 9.17) is 4.98 Å². The molecule has 0 spiro atoms. The second kappa shape index (κ2) is 6.56. The molecule has 0 aliphatic rings. The van der Waals surface area contributed by atoms with Crippen LogP contribution >= 0.6 is 11.3 Å². The van der Waals surface area contributed by atoms with Gasteiger partial charge in [0.1, 0.15) is 10.7 Å². The minimum absolute atomic E-state index is 0.0932. The Balaban J connectivity index is 2.49. The third-order valence-electron chi connectivity index (χ3n) is 4.03. The van der Waals surface area contributed by atoms with Crippen LogP contribution in [0.5, 0.6) is 0 Å². The third kappa shape index (κ3) is 3.55. The molecule has 2 heterocycles. The van der Waals surface area contributed by atoms with Crippen LogP contribution in [0.1, 0.15) is 67.3 Å². The van der Waals surface area contributed by atoms with E-state index in [0.29, 0.717) is 0 Å². The SMILES string of the molecule is CCCCN(C)C(=O)c1sc2nc(C(C)(C)C)nc(C)c2c1C. The number of aryl methyl sites for hydroxylation is 2. The van der Waals surface area contributed by atoms with Crippen molar-refractivity contribution in [2.45, 2.75) is 59.8 Å². The molecule has 0 fully saturated rings. The highest BCUT2D eigenvalue weighted by molar-refractivity contribution is 7.20. The van der Waals surface area contributed by atoms with Crippen molar-refractivity contribution in [3.05, 3.63) is 22.0 Å². The minimum Gasteiger partial charge on any atom is -0.341 e. The Morgan fingerprint density at radius 1 is 1.22 bits per heavy atom. The fourth-order valence-electron chi connectivity index (χ4n) is 2.55. The molecule has 126 valence electrons. The Hall–Kier alpha value is -1.49. The van der Waals surface area contributed by atoms with E-state index in [0.717, 1.165) is 51.6 Å². The summed E-state index contributed by atoms with van der Waals surface area (Å²) in [6.45, 7) is 13.3. The molecule has 0 aromatic carbocycles. The van der Waals surface area contributed by atoms with Crippen LogP contribution in [0.2, 0.25) is 0 Å². The minimum atomic E-state index is -0.0983. The molecular formula is C18H27N3OS. The largest absolute Gasteiger partial charge is 0.341 e. The van der Waals surface area contributed by atoms with Gasteiger partial charge in [0, 0.05) is 24.4 Å². The quantitative estimate of drug-likeness (QED) is 0.829. The van der Waals surface area contributed by atoms with Crippen molar-refractivity contribution in [1.29, 1.82) is 0 Å². The first-order valence-corrected chi connectivity index (χ1v) is 9.02. The summed E-state index contributed by atoms with van der Waals surface area (Å²) in [5.41, 5.74) is 1.87. The molecule has 0 unspecified atom stereocenters. The number of unbranched alkanes of at least 4 members (excludes halogenated alkanes) is 1. The van der Waals surface area contributed by atoms with Crippen LogP contribution < -0.4 is 0 Å². The van der Waals surface area contributed by atoms with E-state index in [9.17, 15) is 4.79 Å². The molecule has 2 rings (SSSR count). The average Bonchev–Trinajstić information content (AvgIpc) is 2.80. The van der Waals surface area contributed by atoms with Crippen LogP contribution in [-0.4, -0.2) is 34.4 Å². The Morgan fingerprint density at radius 2 is 1.87 bits per heavy atom. The molecule has 2 aromatic heterocycles. The Kier molecular flexibility index (Phi) is 5.09. The molecule has 0 radical (unpaired) electrons. The zero-order valence-electron chi connectivity index (χ0n) is 15.3. The van der Waals surface area contributed by atoms with Gasteiger partial charge in [0.05, 0.1) is 10.6 Å². The van der Waals surface area contributed by atoms with Crippen LogP contribution in [0.15, 0.2) is 0 Å². The van der Waals surface area contributed by atoms with Gasteiger partial charge >= 0.3 is 0 Å². The second-order valence-electron chi connectivity index (χ2n) is 7.20. The number of nitrogens with zero attached hydrogens (tertiary/aromatic N) is 3. The van der Waals surface area contributed by atoms with Crippen molar-refractivity contribution in [2.75, 3.05) is 13.6 Å². The molecule has 5 heteroatoms. The standard InChI is InChI=1S/C18H27N3OS/c1-8-9-10-21(7)16(22)14-11(2)13-12(3)19-17(18(4,5)6)20-15(13)23-14/h8-10H2,1-7H3. The maximum absolute atomic E-state index is 12.7. The monoisotopic (exact) mass is 333 g/mol. The molecular weight excluding hydrogens is 306 g/mol. The topological polar surface area (TPSA) is 46.1 Å². The average molecular weight is 334 g/mol. The fourth-order valence-corrected chi connectivity index (χ4v) is 3.78. The lowest BCUT2D eigenvalue weighted by Crippen LogP contribution is -2.27. The number of hydrogen-bond acceptors (Lipinski definition) is 4. The molecule has 0 N–H and O–H groups in total. The number of thiophene rings is 1. The molecule has 0 bridgehead atoms. The van der Waals surface area contributed by atoms with Gasteiger partial charge in [-0.3, -0.25) is 4.79 Å². The lowest BCUT2D eigenvalue weighted by Gasteiger charge is -2.17. The zero-order chi connectivity index (χ0) is 17.4. The van der Waals surface area contributed by atoms with Crippen LogP contribution in [-0.2, 0) is 5.41 Å². The Bertz CT molecular complexity index is 728. The van der Waals surface area contributed by atoms with Crippen molar-refractivity contribution in [3.63, 3.8) is 0 Å². The lowest BCUT2D eigenvalue weighted by molar-refractivity contribution is 0.0797. The molecule has 0 aliphatic carbocycles. The summed E-state index contributed by atoms with van der Waals surface area (Å²) >= 11 is 1.50. The molecule has 4 nitrogen and oxygen atoms in total. The summed E-state index contributed by atoms with van der Waals surface area (Å²) in [7, 11) is 1.88. The highest BCUT2D eigenvalue weighted by atomic mass is 32.1. The molecule has 23 heavy (non-hydrogen) atoms. The maximum atomic E-state index is 12.7. The number of hydrogen-bond donors (Lipinski definition) is 0. The van der Waals surface area contributed by atoms with E-state index in [1.807, 2.05) is 25.8 Å². The summed E-state index contributed by atoms with van der Waals surface area (Å²) in [5.74, 6) is 0.928. The van der Waals surface area contributed by atoms with Crippen LogP contribution in [0.3, 0.4) is 0 Å².